The highest BCUT2D eigenvalue weighted by atomic mass is 16.2. The van der Waals surface area contributed by atoms with Gasteiger partial charge < -0.3 is 9.88 Å². The van der Waals surface area contributed by atoms with Gasteiger partial charge in [-0.3, -0.25) is 14.6 Å². The summed E-state index contributed by atoms with van der Waals surface area (Å²) < 4.78 is 0. The first-order chi connectivity index (χ1) is 12.0. The van der Waals surface area contributed by atoms with E-state index in [-0.39, 0.29) is 22.9 Å². The van der Waals surface area contributed by atoms with Gasteiger partial charge in [0.25, 0.3) is 5.91 Å². The van der Waals surface area contributed by atoms with Gasteiger partial charge in [0.05, 0.1) is 11.7 Å². The molecule has 3 rings (SSSR count). The maximum atomic E-state index is 13.2. The molecule has 0 saturated heterocycles. The van der Waals surface area contributed by atoms with Gasteiger partial charge in [-0.1, -0.05) is 19.9 Å². The summed E-state index contributed by atoms with van der Waals surface area (Å²) >= 11 is 0. The van der Waals surface area contributed by atoms with E-state index >= 15 is 0 Å². The van der Waals surface area contributed by atoms with Gasteiger partial charge in [-0.2, -0.15) is 0 Å². The average molecular weight is 339 g/mol. The monoisotopic (exact) mass is 339 g/mol. The van der Waals surface area contributed by atoms with Crippen molar-refractivity contribution in [1.29, 1.82) is 0 Å². The Bertz CT molecular complexity index is 826. The average Bonchev–Trinajstić information content (AvgIpc) is 2.58. The summed E-state index contributed by atoms with van der Waals surface area (Å²) in [4.78, 5) is 34.9. The number of nitrogens with zero attached hydrogens (tertiary/aromatic N) is 2. The molecule has 2 aromatic rings. The van der Waals surface area contributed by atoms with Crippen molar-refractivity contribution in [3.05, 3.63) is 63.3 Å². The molecule has 1 N–H and O–H groups in total. The van der Waals surface area contributed by atoms with Gasteiger partial charge in [-0.15, -0.1) is 0 Å². The summed E-state index contributed by atoms with van der Waals surface area (Å²) in [5.41, 5.74) is 2.91. The number of hydrogen-bond donors (Lipinski definition) is 1. The molecule has 5 heteroatoms. The van der Waals surface area contributed by atoms with Crippen LogP contribution in [-0.2, 0) is 6.42 Å². The quantitative estimate of drug-likeness (QED) is 0.930. The number of pyridine rings is 2. The van der Waals surface area contributed by atoms with Gasteiger partial charge >= 0.3 is 0 Å². The van der Waals surface area contributed by atoms with Gasteiger partial charge in [0.15, 0.2) is 5.43 Å². The van der Waals surface area contributed by atoms with Crippen molar-refractivity contribution in [1.82, 2.24) is 14.9 Å². The standard InChI is InChI=1S/C20H25N3O2/c1-13(2)12-23(20(25)16-11-22-14(3)10-18(16)24)17-8-4-6-15-7-5-9-21-19(15)17/h5,7,9-11,13,17H,4,6,8,12H2,1-3H3,(H,22,24)/t17-/m1/s1. The molecule has 5 nitrogen and oxygen atoms in total. The van der Waals surface area contributed by atoms with Crippen LogP contribution >= 0.6 is 0 Å². The zero-order chi connectivity index (χ0) is 18.0. The SMILES string of the molecule is Cc1cc(=O)c(C(=O)N(CC(C)C)[C@@H]2CCCc3cccnc32)c[nH]1. The fourth-order valence-corrected chi connectivity index (χ4v) is 3.53. The van der Waals surface area contributed by atoms with Crippen LogP contribution in [0.5, 0.6) is 0 Å². The maximum Gasteiger partial charge on any atom is 0.259 e. The van der Waals surface area contributed by atoms with Gasteiger partial charge in [-0.25, -0.2) is 0 Å². The summed E-state index contributed by atoms with van der Waals surface area (Å²) in [6, 6.07) is 5.44. The number of H-pyrrole nitrogens is 1. The van der Waals surface area contributed by atoms with Crippen molar-refractivity contribution in [2.24, 2.45) is 5.92 Å². The number of rotatable bonds is 4. The van der Waals surface area contributed by atoms with Crippen LogP contribution in [0.15, 0.2) is 35.4 Å². The van der Waals surface area contributed by atoms with Crippen LogP contribution in [0.25, 0.3) is 0 Å². The summed E-state index contributed by atoms with van der Waals surface area (Å²) in [5, 5.41) is 0. The lowest BCUT2D eigenvalue weighted by Gasteiger charge is -2.36. The highest BCUT2D eigenvalue weighted by Gasteiger charge is 2.32. The minimum atomic E-state index is -0.230. The molecule has 1 aliphatic rings. The van der Waals surface area contributed by atoms with E-state index in [2.05, 4.69) is 29.9 Å². The second-order valence-electron chi connectivity index (χ2n) is 7.20. The Hall–Kier alpha value is -2.43. The Labute approximate surface area is 148 Å². The van der Waals surface area contributed by atoms with Gasteiger partial charge in [0, 0.05) is 30.7 Å². The highest BCUT2D eigenvalue weighted by molar-refractivity contribution is 5.94. The van der Waals surface area contributed by atoms with Crippen LogP contribution in [0.2, 0.25) is 0 Å². The Morgan fingerprint density at radius 3 is 2.96 bits per heavy atom. The molecule has 0 aliphatic heterocycles. The number of fused-ring (bicyclic) bond motifs is 1. The molecule has 2 heterocycles. The van der Waals surface area contributed by atoms with Crippen molar-refractivity contribution in [2.45, 2.75) is 46.1 Å². The van der Waals surface area contributed by atoms with Crippen molar-refractivity contribution >= 4 is 5.91 Å². The second kappa shape index (κ2) is 7.21. The van der Waals surface area contributed by atoms with E-state index in [1.165, 1.54) is 17.8 Å². The second-order valence-corrected chi connectivity index (χ2v) is 7.20. The number of hydrogen-bond acceptors (Lipinski definition) is 3. The van der Waals surface area contributed by atoms with E-state index in [0.717, 1.165) is 30.7 Å². The van der Waals surface area contributed by atoms with Gasteiger partial charge in [0.1, 0.15) is 5.56 Å². The van der Waals surface area contributed by atoms with Crippen LogP contribution in [-0.4, -0.2) is 27.3 Å². The van der Waals surface area contributed by atoms with Crippen LogP contribution < -0.4 is 5.43 Å². The van der Waals surface area contributed by atoms with Crippen LogP contribution in [0.1, 0.15) is 60.0 Å². The summed E-state index contributed by atoms with van der Waals surface area (Å²) in [7, 11) is 0. The van der Waals surface area contributed by atoms with Gasteiger partial charge in [0.2, 0.25) is 0 Å². The smallest absolute Gasteiger partial charge is 0.259 e. The zero-order valence-electron chi connectivity index (χ0n) is 15.1. The Morgan fingerprint density at radius 1 is 1.44 bits per heavy atom. The number of carbonyl (C=O) groups excluding carboxylic acids is 1. The molecule has 25 heavy (non-hydrogen) atoms. The normalized spacial score (nSPS) is 16.6. The molecular formula is C20H25N3O2. The van der Waals surface area contributed by atoms with Gasteiger partial charge in [-0.05, 0) is 43.7 Å². The minimum absolute atomic E-state index is 0.0689. The lowest BCUT2D eigenvalue weighted by Crippen LogP contribution is -2.41. The third-order valence-corrected chi connectivity index (χ3v) is 4.65. The lowest BCUT2D eigenvalue weighted by molar-refractivity contribution is 0.0621. The van der Waals surface area contributed by atoms with Crippen molar-refractivity contribution in [3.8, 4) is 0 Å². The fourth-order valence-electron chi connectivity index (χ4n) is 3.53. The molecule has 2 aromatic heterocycles. The third kappa shape index (κ3) is 3.65. The molecule has 0 spiro atoms. The largest absolute Gasteiger partial charge is 0.364 e. The molecule has 0 radical (unpaired) electrons. The summed E-state index contributed by atoms with van der Waals surface area (Å²) in [6.07, 6.45) is 6.22. The number of amides is 1. The fraction of sp³-hybridized carbons (Fsp3) is 0.450. The van der Waals surface area contributed by atoms with Crippen molar-refractivity contribution in [3.63, 3.8) is 0 Å². The molecule has 1 atom stereocenters. The van der Waals surface area contributed by atoms with E-state index < -0.39 is 0 Å². The highest BCUT2D eigenvalue weighted by Crippen LogP contribution is 2.33. The number of aromatic nitrogens is 2. The number of aromatic amines is 1. The van der Waals surface area contributed by atoms with E-state index in [4.69, 9.17) is 0 Å². The number of nitrogens with one attached hydrogen (secondary N) is 1. The molecule has 1 amide bonds. The van der Waals surface area contributed by atoms with Crippen LogP contribution in [0.4, 0.5) is 0 Å². The Kier molecular flexibility index (Phi) is 5.02. The first-order valence-electron chi connectivity index (χ1n) is 8.91. The molecular weight excluding hydrogens is 314 g/mol. The van der Waals surface area contributed by atoms with Crippen LogP contribution in [0, 0.1) is 12.8 Å². The summed E-state index contributed by atoms with van der Waals surface area (Å²) in [5.74, 6) is 0.0982. The van der Waals surface area contributed by atoms with Crippen LogP contribution in [0.3, 0.4) is 0 Å². The predicted octanol–water partition coefficient (Wildman–Crippen LogP) is 3.25. The molecule has 0 saturated carbocycles. The molecule has 1 aliphatic carbocycles. The Balaban J connectivity index is 2.01. The first-order valence-corrected chi connectivity index (χ1v) is 8.91. The zero-order valence-corrected chi connectivity index (χ0v) is 15.1. The summed E-state index contributed by atoms with van der Waals surface area (Å²) in [6.45, 7) is 6.58. The topological polar surface area (TPSA) is 66.1 Å². The third-order valence-electron chi connectivity index (χ3n) is 4.65. The molecule has 0 bridgehead atoms. The number of aryl methyl sites for hydroxylation is 2. The lowest BCUT2D eigenvalue weighted by atomic mass is 9.90. The van der Waals surface area contributed by atoms with E-state index in [1.54, 1.807) is 6.20 Å². The molecule has 0 fully saturated rings. The minimum Gasteiger partial charge on any atom is -0.364 e. The maximum absolute atomic E-state index is 13.2. The van der Waals surface area contributed by atoms with E-state index in [9.17, 15) is 9.59 Å². The first kappa shape index (κ1) is 17.4. The molecule has 0 unspecified atom stereocenters. The van der Waals surface area contributed by atoms with E-state index in [0.29, 0.717) is 12.5 Å². The van der Waals surface area contributed by atoms with Crippen molar-refractivity contribution < 1.29 is 4.79 Å². The van der Waals surface area contributed by atoms with E-state index in [1.807, 2.05) is 17.9 Å². The number of carbonyl (C=O) groups is 1. The molecule has 132 valence electrons. The Morgan fingerprint density at radius 2 is 2.24 bits per heavy atom. The predicted molar refractivity (Wildman–Crippen MR) is 97.6 cm³/mol. The van der Waals surface area contributed by atoms with Crippen molar-refractivity contribution in [2.75, 3.05) is 6.54 Å². The molecule has 0 aromatic carbocycles.